The van der Waals surface area contributed by atoms with E-state index in [1.807, 2.05) is 25.1 Å². The van der Waals surface area contributed by atoms with Crippen molar-refractivity contribution in [3.63, 3.8) is 0 Å². The molecular formula is C28H39N3O4. The van der Waals surface area contributed by atoms with Crippen molar-refractivity contribution in [2.75, 3.05) is 46.5 Å². The molecule has 1 fully saturated rings. The van der Waals surface area contributed by atoms with Gasteiger partial charge in [-0.05, 0) is 51.3 Å². The molecule has 4 rings (SSSR count). The van der Waals surface area contributed by atoms with Crippen LogP contribution in [0.3, 0.4) is 0 Å². The minimum absolute atomic E-state index is 0.0804. The molecule has 1 aromatic carbocycles. The summed E-state index contributed by atoms with van der Waals surface area (Å²) < 4.78 is 12.0. The number of aromatic nitrogens is 1. The lowest BCUT2D eigenvalue weighted by Crippen LogP contribution is -2.50. The Morgan fingerprint density at radius 3 is 2.57 bits per heavy atom. The summed E-state index contributed by atoms with van der Waals surface area (Å²) >= 11 is 0. The summed E-state index contributed by atoms with van der Waals surface area (Å²) in [5, 5.41) is 9.89. The average Bonchev–Trinajstić information content (AvgIpc) is 2.86. The van der Waals surface area contributed by atoms with E-state index >= 15 is 0 Å². The standard InChI is InChI=1S/C28H39N3O4/c1-19-5-7-23(8-6-19)24-13-25-27(29-14-24)35-26(17-30(4)16-22-9-11-34-12-10-22)20(2)15-31(28(25)33)21(3)18-32/h5-8,13-14,20-22,26,32H,9-12,15-18H2,1-4H3/t20-,21+,26+/m0/s1. The molecule has 1 amide bonds. The van der Waals surface area contributed by atoms with Gasteiger partial charge in [0.2, 0.25) is 5.88 Å². The van der Waals surface area contributed by atoms with Crippen LogP contribution in [0.15, 0.2) is 36.5 Å². The van der Waals surface area contributed by atoms with Crippen molar-refractivity contribution in [1.29, 1.82) is 0 Å². The first kappa shape index (κ1) is 25.6. The largest absolute Gasteiger partial charge is 0.472 e. The van der Waals surface area contributed by atoms with Gasteiger partial charge in [0.15, 0.2) is 0 Å². The molecule has 0 unspecified atom stereocenters. The van der Waals surface area contributed by atoms with Crippen LogP contribution in [-0.4, -0.2) is 84.4 Å². The summed E-state index contributed by atoms with van der Waals surface area (Å²) in [6.45, 7) is 9.90. The van der Waals surface area contributed by atoms with E-state index < -0.39 is 0 Å². The summed E-state index contributed by atoms with van der Waals surface area (Å²) in [6.07, 6.45) is 3.84. The number of hydrogen-bond acceptors (Lipinski definition) is 6. The Kier molecular flexibility index (Phi) is 8.42. The van der Waals surface area contributed by atoms with Crippen LogP contribution in [0.25, 0.3) is 11.1 Å². The van der Waals surface area contributed by atoms with Gasteiger partial charge in [0.1, 0.15) is 11.7 Å². The quantitative estimate of drug-likeness (QED) is 0.651. The number of pyridine rings is 1. The number of benzene rings is 1. The molecule has 35 heavy (non-hydrogen) atoms. The van der Waals surface area contributed by atoms with Crippen LogP contribution in [0, 0.1) is 18.8 Å². The molecule has 2 aliphatic rings. The van der Waals surface area contributed by atoms with Crippen LogP contribution >= 0.6 is 0 Å². The molecule has 190 valence electrons. The van der Waals surface area contributed by atoms with Gasteiger partial charge in [0.05, 0.1) is 12.6 Å². The number of fused-ring (bicyclic) bond motifs is 1. The topological polar surface area (TPSA) is 75.1 Å². The molecule has 0 radical (unpaired) electrons. The molecule has 1 aromatic heterocycles. The van der Waals surface area contributed by atoms with Crippen molar-refractivity contribution < 1.29 is 19.4 Å². The van der Waals surface area contributed by atoms with Crippen molar-refractivity contribution in [2.24, 2.45) is 11.8 Å². The molecule has 3 atom stereocenters. The maximum Gasteiger partial charge on any atom is 0.259 e. The van der Waals surface area contributed by atoms with Crippen molar-refractivity contribution in [2.45, 2.75) is 45.8 Å². The molecule has 2 aliphatic heterocycles. The SMILES string of the molecule is Cc1ccc(-c2cnc3c(c2)C(=O)N([C@H](C)CO)C[C@H](C)[C@@H](CN(C)CC2CCOCC2)O3)cc1. The van der Waals surface area contributed by atoms with Gasteiger partial charge in [0, 0.05) is 50.5 Å². The predicted molar refractivity (Wildman–Crippen MR) is 137 cm³/mol. The van der Waals surface area contributed by atoms with E-state index in [-0.39, 0.29) is 30.6 Å². The molecule has 7 heteroatoms. The molecule has 1 N–H and O–H groups in total. The summed E-state index contributed by atoms with van der Waals surface area (Å²) in [7, 11) is 2.14. The van der Waals surface area contributed by atoms with Gasteiger partial charge in [-0.3, -0.25) is 4.79 Å². The van der Waals surface area contributed by atoms with Crippen molar-refractivity contribution in [3.05, 3.63) is 47.7 Å². The molecule has 0 saturated carbocycles. The van der Waals surface area contributed by atoms with E-state index in [2.05, 4.69) is 42.9 Å². The number of amides is 1. The maximum absolute atomic E-state index is 13.6. The Labute approximate surface area is 209 Å². The average molecular weight is 482 g/mol. The lowest BCUT2D eigenvalue weighted by molar-refractivity contribution is 0.0254. The van der Waals surface area contributed by atoms with Gasteiger partial charge >= 0.3 is 0 Å². The Bertz CT molecular complexity index is 990. The second kappa shape index (κ2) is 11.5. The fourth-order valence-electron chi connectivity index (χ4n) is 4.98. The molecular weight excluding hydrogens is 442 g/mol. The number of hydrogen-bond donors (Lipinski definition) is 1. The lowest BCUT2D eigenvalue weighted by Gasteiger charge is -2.38. The Morgan fingerprint density at radius 2 is 1.89 bits per heavy atom. The third-order valence-corrected chi connectivity index (χ3v) is 7.31. The first-order valence-corrected chi connectivity index (χ1v) is 12.8. The van der Waals surface area contributed by atoms with Gasteiger partial charge in [-0.2, -0.15) is 0 Å². The highest BCUT2D eigenvalue weighted by Crippen LogP contribution is 2.30. The monoisotopic (exact) mass is 481 g/mol. The fourth-order valence-corrected chi connectivity index (χ4v) is 4.98. The van der Waals surface area contributed by atoms with Crippen molar-refractivity contribution >= 4 is 5.91 Å². The zero-order chi connectivity index (χ0) is 24.9. The van der Waals surface area contributed by atoms with E-state index in [0.29, 0.717) is 23.9 Å². The molecule has 7 nitrogen and oxygen atoms in total. The second-order valence-electron chi connectivity index (χ2n) is 10.3. The van der Waals surface area contributed by atoms with Gasteiger partial charge < -0.3 is 24.4 Å². The summed E-state index contributed by atoms with van der Waals surface area (Å²) in [5.74, 6) is 0.935. The molecule has 3 heterocycles. The zero-order valence-electron chi connectivity index (χ0n) is 21.4. The number of aliphatic hydroxyl groups is 1. The highest BCUT2D eigenvalue weighted by Gasteiger charge is 2.34. The smallest absolute Gasteiger partial charge is 0.259 e. The minimum atomic E-state index is -0.292. The summed E-state index contributed by atoms with van der Waals surface area (Å²) in [4.78, 5) is 22.4. The molecule has 0 spiro atoms. The van der Waals surface area contributed by atoms with Gasteiger partial charge in [-0.25, -0.2) is 4.98 Å². The predicted octanol–water partition coefficient (Wildman–Crippen LogP) is 3.64. The third-order valence-electron chi connectivity index (χ3n) is 7.31. The maximum atomic E-state index is 13.6. The number of likely N-dealkylation sites (N-methyl/N-ethyl adjacent to an activating group) is 1. The van der Waals surface area contributed by atoms with E-state index in [9.17, 15) is 9.90 Å². The highest BCUT2D eigenvalue weighted by atomic mass is 16.5. The minimum Gasteiger partial charge on any atom is -0.472 e. The Hall–Kier alpha value is -2.48. The Morgan fingerprint density at radius 1 is 1.17 bits per heavy atom. The van der Waals surface area contributed by atoms with Crippen LogP contribution in [0.1, 0.15) is 42.6 Å². The number of nitrogens with zero attached hydrogens (tertiary/aromatic N) is 3. The van der Waals surface area contributed by atoms with Crippen molar-refractivity contribution in [1.82, 2.24) is 14.8 Å². The number of carbonyl (C=O) groups excluding carboxylic acids is 1. The number of rotatable bonds is 7. The highest BCUT2D eigenvalue weighted by molar-refractivity contribution is 5.98. The van der Waals surface area contributed by atoms with Gasteiger partial charge in [0.25, 0.3) is 5.91 Å². The van der Waals surface area contributed by atoms with Crippen LogP contribution in [-0.2, 0) is 4.74 Å². The van der Waals surface area contributed by atoms with Crippen LogP contribution < -0.4 is 4.74 Å². The zero-order valence-corrected chi connectivity index (χ0v) is 21.4. The molecule has 0 aliphatic carbocycles. The van der Waals surface area contributed by atoms with Crippen LogP contribution in [0.4, 0.5) is 0 Å². The fraction of sp³-hybridized carbons (Fsp3) is 0.571. The first-order valence-electron chi connectivity index (χ1n) is 12.8. The number of aryl methyl sites for hydroxylation is 1. The number of aliphatic hydroxyl groups excluding tert-OH is 1. The summed E-state index contributed by atoms with van der Waals surface area (Å²) in [6, 6.07) is 9.77. The van der Waals surface area contributed by atoms with Crippen LogP contribution in [0.2, 0.25) is 0 Å². The van der Waals surface area contributed by atoms with Crippen molar-refractivity contribution in [3.8, 4) is 17.0 Å². The summed E-state index contributed by atoms with van der Waals surface area (Å²) in [5.41, 5.74) is 3.51. The second-order valence-corrected chi connectivity index (χ2v) is 10.3. The number of carbonyl (C=O) groups is 1. The van der Waals surface area contributed by atoms with E-state index in [4.69, 9.17) is 9.47 Å². The Balaban J connectivity index is 1.62. The first-order chi connectivity index (χ1) is 16.9. The number of ether oxygens (including phenoxy) is 2. The molecule has 0 bridgehead atoms. The van der Waals surface area contributed by atoms with E-state index in [1.54, 1.807) is 11.1 Å². The normalized spacial score (nSPS) is 22.3. The van der Waals surface area contributed by atoms with E-state index in [0.717, 1.165) is 50.3 Å². The van der Waals surface area contributed by atoms with Gasteiger partial charge in [-0.1, -0.05) is 36.8 Å². The lowest BCUT2D eigenvalue weighted by atomic mass is 9.97. The van der Waals surface area contributed by atoms with Gasteiger partial charge in [-0.15, -0.1) is 0 Å². The van der Waals surface area contributed by atoms with Crippen LogP contribution in [0.5, 0.6) is 5.88 Å². The third kappa shape index (κ3) is 6.21. The van der Waals surface area contributed by atoms with E-state index in [1.165, 1.54) is 5.56 Å². The molecule has 1 saturated heterocycles. The molecule has 2 aromatic rings.